The van der Waals surface area contributed by atoms with Crippen LogP contribution >= 0.6 is 0 Å². The summed E-state index contributed by atoms with van der Waals surface area (Å²) in [5.41, 5.74) is 0.662. The zero-order valence-electron chi connectivity index (χ0n) is 14.4. The number of nitrogens with zero attached hydrogens (tertiary/aromatic N) is 3. The largest absolute Gasteiger partial charge is 0.376 e. The van der Waals surface area contributed by atoms with Crippen LogP contribution in [-0.2, 0) is 20.9 Å². The minimum absolute atomic E-state index is 0.0639. The van der Waals surface area contributed by atoms with Gasteiger partial charge in [-0.3, -0.25) is 14.3 Å². The Balaban J connectivity index is 1.62. The van der Waals surface area contributed by atoms with E-state index in [1.54, 1.807) is 15.8 Å². The molecule has 132 valence electrons. The average Bonchev–Trinajstić information content (AvgIpc) is 3.25. The van der Waals surface area contributed by atoms with Crippen molar-refractivity contribution >= 4 is 17.5 Å². The lowest BCUT2D eigenvalue weighted by Gasteiger charge is -2.29. The zero-order valence-corrected chi connectivity index (χ0v) is 14.4. The maximum Gasteiger partial charge on any atom is 0.247 e. The molecule has 1 N–H and O–H groups in total. The van der Waals surface area contributed by atoms with E-state index >= 15 is 0 Å². The van der Waals surface area contributed by atoms with Crippen LogP contribution in [0.25, 0.3) is 0 Å². The van der Waals surface area contributed by atoms with Crippen LogP contribution in [0.15, 0.2) is 12.4 Å². The molecule has 7 heteroatoms. The van der Waals surface area contributed by atoms with Crippen LogP contribution in [0.4, 0.5) is 5.69 Å². The number of hydrogen-bond donors (Lipinski definition) is 1. The highest BCUT2D eigenvalue weighted by molar-refractivity contribution is 5.97. The molecule has 0 aromatic carbocycles. The predicted octanol–water partition coefficient (Wildman–Crippen LogP) is 1.65. The lowest BCUT2D eigenvalue weighted by molar-refractivity contribution is -0.136. The van der Waals surface area contributed by atoms with Gasteiger partial charge in [-0.2, -0.15) is 5.10 Å². The Bertz CT molecular complexity index is 592. The van der Waals surface area contributed by atoms with Crippen molar-refractivity contribution in [1.29, 1.82) is 0 Å². The first kappa shape index (κ1) is 17.0. The third-order valence-electron chi connectivity index (χ3n) is 4.66. The Morgan fingerprint density at radius 3 is 2.92 bits per heavy atom. The molecule has 2 atom stereocenters. The second-order valence-corrected chi connectivity index (χ2v) is 6.95. The summed E-state index contributed by atoms with van der Waals surface area (Å²) in [4.78, 5) is 26.4. The van der Waals surface area contributed by atoms with Crippen molar-refractivity contribution in [2.75, 3.05) is 18.5 Å². The van der Waals surface area contributed by atoms with Crippen molar-refractivity contribution < 1.29 is 14.3 Å². The van der Waals surface area contributed by atoms with E-state index in [1.165, 1.54) is 0 Å². The first-order valence-corrected chi connectivity index (χ1v) is 8.79. The number of hydrogen-bond acceptors (Lipinski definition) is 4. The number of aromatic nitrogens is 2. The molecular weight excluding hydrogens is 308 g/mol. The summed E-state index contributed by atoms with van der Waals surface area (Å²) in [6.45, 7) is 6.12. The van der Waals surface area contributed by atoms with Gasteiger partial charge in [0.2, 0.25) is 11.8 Å². The normalized spacial score (nSPS) is 22.4. The number of ether oxygens (including phenoxy) is 1. The van der Waals surface area contributed by atoms with Crippen molar-refractivity contribution in [2.24, 2.45) is 5.92 Å². The predicted molar refractivity (Wildman–Crippen MR) is 89.4 cm³/mol. The van der Waals surface area contributed by atoms with Crippen LogP contribution in [0.3, 0.4) is 0 Å². The molecule has 0 saturated carbocycles. The quantitative estimate of drug-likeness (QED) is 0.858. The number of likely N-dealkylation sites (tertiary alicyclic amines) is 1. The summed E-state index contributed by atoms with van der Waals surface area (Å²) in [5.74, 6) is -0.0103. The van der Waals surface area contributed by atoms with Crippen molar-refractivity contribution in [3.8, 4) is 0 Å². The summed E-state index contributed by atoms with van der Waals surface area (Å²) in [5, 5.41) is 7.20. The highest BCUT2D eigenvalue weighted by Gasteiger charge is 2.35. The molecule has 2 fully saturated rings. The van der Waals surface area contributed by atoms with Crippen LogP contribution in [0.1, 0.15) is 39.5 Å². The summed E-state index contributed by atoms with van der Waals surface area (Å²) >= 11 is 0. The van der Waals surface area contributed by atoms with Gasteiger partial charge >= 0.3 is 0 Å². The fourth-order valence-electron chi connectivity index (χ4n) is 3.51. The molecule has 0 bridgehead atoms. The standard InChI is InChI=1S/C17H26N4O3/c1-12(2)16(21-7-3-6-15(21)22)17(23)19-13-9-18-20(10-13)11-14-5-4-8-24-14/h9-10,12,14,16H,3-8,11H2,1-2H3,(H,19,23). The minimum atomic E-state index is -0.429. The number of carbonyl (C=O) groups is 2. The highest BCUT2D eigenvalue weighted by Crippen LogP contribution is 2.21. The van der Waals surface area contributed by atoms with Crippen molar-refractivity contribution in [1.82, 2.24) is 14.7 Å². The molecule has 2 saturated heterocycles. The molecule has 2 aliphatic heterocycles. The van der Waals surface area contributed by atoms with Gasteiger partial charge in [-0.15, -0.1) is 0 Å². The van der Waals surface area contributed by atoms with Gasteiger partial charge in [-0.1, -0.05) is 13.8 Å². The second kappa shape index (κ2) is 7.34. The molecule has 0 spiro atoms. The van der Waals surface area contributed by atoms with Gasteiger partial charge in [-0.05, 0) is 25.2 Å². The fourth-order valence-corrected chi connectivity index (χ4v) is 3.51. The van der Waals surface area contributed by atoms with E-state index in [9.17, 15) is 9.59 Å². The van der Waals surface area contributed by atoms with E-state index in [0.717, 1.165) is 25.9 Å². The fraction of sp³-hybridized carbons (Fsp3) is 0.706. The number of anilines is 1. The Hall–Kier alpha value is -1.89. The van der Waals surface area contributed by atoms with Gasteiger partial charge in [0.15, 0.2) is 0 Å². The summed E-state index contributed by atoms with van der Waals surface area (Å²) in [6.07, 6.45) is 7.19. The average molecular weight is 334 g/mol. The maximum absolute atomic E-state index is 12.7. The summed E-state index contributed by atoms with van der Waals surface area (Å²) in [6, 6.07) is -0.429. The van der Waals surface area contributed by atoms with Crippen molar-refractivity contribution in [3.05, 3.63) is 12.4 Å². The molecule has 2 amide bonds. The third-order valence-corrected chi connectivity index (χ3v) is 4.66. The molecule has 24 heavy (non-hydrogen) atoms. The van der Waals surface area contributed by atoms with E-state index in [2.05, 4.69) is 10.4 Å². The minimum Gasteiger partial charge on any atom is -0.376 e. The lowest BCUT2D eigenvalue weighted by Crippen LogP contribution is -2.47. The van der Waals surface area contributed by atoms with Crippen LogP contribution in [0.5, 0.6) is 0 Å². The number of amides is 2. The number of nitrogens with one attached hydrogen (secondary N) is 1. The van der Waals surface area contributed by atoms with Gasteiger partial charge in [0.25, 0.3) is 0 Å². The molecule has 3 rings (SSSR count). The smallest absolute Gasteiger partial charge is 0.247 e. The second-order valence-electron chi connectivity index (χ2n) is 6.95. The highest BCUT2D eigenvalue weighted by atomic mass is 16.5. The maximum atomic E-state index is 12.7. The van der Waals surface area contributed by atoms with Crippen LogP contribution in [-0.4, -0.2) is 51.8 Å². The molecule has 1 aromatic heterocycles. The van der Waals surface area contributed by atoms with Gasteiger partial charge in [0, 0.05) is 25.8 Å². The first-order chi connectivity index (χ1) is 11.5. The van der Waals surface area contributed by atoms with Crippen molar-refractivity contribution in [3.63, 3.8) is 0 Å². The van der Waals surface area contributed by atoms with Crippen molar-refractivity contribution in [2.45, 2.75) is 58.2 Å². The van der Waals surface area contributed by atoms with E-state index < -0.39 is 6.04 Å². The molecule has 2 unspecified atom stereocenters. The van der Waals surface area contributed by atoms with Gasteiger partial charge < -0.3 is 15.0 Å². The number of carbonyl (C=O) groups excluding carboxylic acids is 2. The Morgan fingerprint density at radius 2 is 2.29 bits per heavy atom. The first-order valence-electron chi connectivity index (χ1n) is 8.79. The SMILES string of the molecule is CC(C)C(C(=O)Nc1cnn(CC2CCCO2)c1)N1CCCC1=O. The van der Waals surface area contributed by atoms with Crippen LogP contribution in [0, 0.1) is 5.92 Å². The van der Waals surface area contributed by atoms with Gasteiger partial charge in [0.1, 0.15) is 6.04 Å². The van der Waals surface area contributed by atoms with Crippen LogP contribution < -0.4 is 5.32 Å². The molecule has 0 radical (unpaired) electrons. The van der Waals surface area contributed by atoms with Gasteiger partial charge in [-0.25, -0.2) is 0 Å². The lowest BCUT2D eigenvalue weighted by atomic mass is 10.0. The van der Waals surface area contributed by atoms with E-state index in [1.807, 2.05) is 20.0 Å². The monoisotopic (exact) mass is 334 g/mol. The molecule has 1 aromatic rings. The zero-order chi connectivity index (χ0) is 17.1. The molecule has 7 nitrogen and oxygen atoms in total. The molecule has 3 heterocycles. The van der Waals surface area contributed by atoms with E-state index in [0.29, 0.717) is 25.2 Å². The Labute approximate surface area is 142 Å². The molecule has 2 aliphatic rings. The topological polar surface area (TPSA) is 76.5 Å². The Kier molecular flexibility index (Phi) is 5.18. The summed E-state index contributed by atoms with van der Waals surface area (Å²) < 4.78 is 7.41. The molecular formula is C17H26N4O3. The molecule has 0 aliphatic carbocycles. The van der Waals surface area contributed by atoms with Gasteiger partial charge in [0.05, 0.1) is 24.5 Å². The number of rotatable bonds is 6. The van der Waals surface area contributed by atoms with E-state index in [-0.39, 0.29) is 23.8 Å². The Morgan fingerprint density at radius 1 is 1.46 bits per heavy atom. The van der Waals surface area contributed by atoms with E-state index in [4.69, 9.17) is 4.74 Å². The third kappa shape index (κ3) is 3.77. The van der Waals surface area contributed by atoms with Crippen LogP contribution in [0.2, 0.25) is 0 Å². The summed E-state index contributed by atoms with van der Waals surface area (Å²) in [7, 11) is 0.